The Morgan fingerprint density at radius 2 is 1.05 bits per heavy atom. The molecule has 0 heterocycles. The number of likely N-dealkylation sites (N-methyl/N-ethyl adjacent to an activating group) is 1. The molecule has 22 heavy (non-hydrogen) atoms. The summed E-state index contributed by atoms with van der Waals surface area (Å²) in [6, 6.07) is 0. The summed E-state index contributed by atoms with van der Waals surface area (Å²) in [7, 11) is 6.69. The molecule has 0 saturated carbocycles. The van der Waals surface area contributed by atoms with Crippen LogP contribution in [0.2, 0.25) is 0 Å². The zero-order valence-corrected chi connectivity index (χ0v) is 16.4. The highest BCUT2D eigenvalue weighted by molar-refractivity contribution is 4.77. The van der Waals surface area contributed by atoms with E-state index < -0.39 is 0 Å². The predicted molar refractivity (Wildman–Crippen MR) is 101 cm³/mol. The molecule has 2 nitrogen and oxygen atoms in total. The third kappa shape index (κ3) is 16.3. The van der Waals surface area contributed by atoms with E-state index in [1.165, 1.54) is 83.5 Å². The van der Waals surface area contributed by atoms with E-state index in [4.69, 9.17) is 5.73 Å². The Morgan fingerprint density at radius 3 is 1.41 bits per heavy atom. The molecule has 0 aromatic carbocycles. The van der Waals surface area contributed by atoms with Crippen LogP contribution in [0.4, 0.5) is 0 Å². The summed E-state index contributed by atoms with van der Waals surface area (Å²) in [5, 5.41) is 0. The maximum Gasteiger partial charge on any atom is 0.0960 e. The second-order valence-electron chi connectivity index (χ2n) is 8.74. The van der Waals surface area contributed by atoms with Crippen LogP contribution in [0.15, 0.2) is 0 Å². The third-order valence-electron chi connectivity index (χ3n) is 4.44. The van der Waals surface area contributed by atoms with Crippen molar-refractivity contribution in [1.29, 1.82) is 0 Å². The first-order valence-electron chi connectivity index (χ1n) is 9.86. The number of nitrogens with zero attached hydrogens (tertiary/aromatic N) is 1. The average molecular weight is 314 g/mol. The third-order valence-corrected chi connectivity index (χ3v) is 4.44. The van der Waals surface area contributed by atoms with Crippen molar-refractivity contribution in [2.24, 2.45) is 5.73 Å². The number of nitrogens with two attached hydrogens (primary N) is 1. The van der Waals surface area contributed by atoms with Gasteiger partial charge in [0.05, 0.1) is 33.2 Å². The minimum atomic E-state index is -0.00324. The van der Waals surface area contributed by atoms with Crippen LogP contribution < -0.4 is 5.73 Å². The standard InChI is InChI=1S/C20H45N2/c1-6-7-8-9-10-11-12-13-14-15-16-17-18-20(2,21)19-22(3,4)5/h6-19,21H2,1-5H3/q+1. The second kappa shape index (κ2) is 12.4. The molecule has 0 saturated heterocycles. The lowest BCUT2D eigenvalue weighted by molar-refractivity contribution is -0.873. The van der Waals surface area contributed by atoms with Crippen LogP contribution in [-0.2, 0) is 0 Å². The molecule has 0 spiro atoms. The van der Waals surface area contributed by atoms with Gasteiger partial charge in [-0.2, -0.15) is 0 Å². The van der Waals surface area contributed by atoms with Gasteiger partial charge in [-0.1, -0.05) is 84.0 Å². The molecule has 2 heteroatoms. The van der Waals surface area contributed by atoms with Crippen molar-refractivity contribution in [3.05, 3.63) is 0 Å². The molecular formula is C20H45N2+. The highest BCUT2D eigenvalue weighted by atomic mass is 15.3. The monoisotopic (exact) mass is 313 g/mol. The van der Waals surface area contributed by atoms with E-state index in [2.05, 4.69) is 35.0 Å². The van der Waals surface area contributed by atoms with Gasteiger partial charge in [0.25, 0.3) is 0 Å². The first-order chi connectivity index (χ1) is 10.3. The molecule has 0 amide bonds. The Kier molecular flexibility index (Phi) is 12.3. The predicted octanol–water partition coefficient (Wildman–Crippen LogP) is 5.50. The van der Waals surface area contributed by atoms with Gasteiger partial charge < -0.3 is 10.2 Å². The van der Waals surface area contributed by atoms with Gasteiger partial charge in [0.1, 0.15) is 0 Å². The molecule has 0 aromatic rings. The van der Waals surface area contributed by atoms with Crippen LogP contribution in [0, 0.1) is 0 Å². The number of hydrogen-bond acceptors (Lipinski definition) is 1. The normalized spacial score (nSPS) is 15.0. The van der Waals surface area contributed by atoms with E-state index in [0.717, 1.165) is 11.0 Å². The molecule has 0 radical (unpaired) electrons. The van der Waals surface area contributed by atoms with Crippen LogP contribution >= 0.6 is 0 Å². The maximum atomic E-state index is 6.42. The molecule has 2 N–H and O–H groups in total. The lowest BCUT2D eigenvalue weighted by Gasteiger charge is -2.34. The van der Waals surface area contributed by atoms with Crippen molar-refractivity contribution in [2.75, 3.05) is 27.7 Å². The fourth-order valence-electron chi connectivity index (χ4n) is 3.53. The fraction of sp³-hybridized carbons (Fsp3) is 1.00. The zero-order valence-electron chi connectivity index (χ0n) is 16.4. The summed E-state index contributed by atoms with van der Waals surface area (Å²) < 4.78 is 0.964. The van der Waals surface area contributed by atoms with Crippen molar-refractivity contribution in [3.63, 3.8) is 0 Å². The van der Waals surface area contributed by atoms with Gasteiger partial charge in [0, 0.05) is 0 Å². The van der Waals surface area contributed by atoms with Gasteiger partial charge in [0.15, 0.2) is 0 Å². The summed E-state index contributed by atoms with van der Waals surface area (Å²) in [5.74, 6) is 0. The molecule has 0 aliphatic carbocycles. The van der Waals surface area contributed by atoms with Crippen molar-refractivity contribution in [2.45, 2.75) is 103 Å². The Labute approximate surface area is 141 Å². The van der Waals surface area contributed by atoms with Crippen LogP contribution in [0.5, 0.6) is 0 Å². The number of quaternary nitrogens is 1. The van der Waals surface area contributed by atoms with E-state index in [-0.39, 0.29) is 5.54 Å². The van der Waals surface area contributed by atoms with Crippen molar-refractivity contribution >= 4 is 0 Å². The van der Waals surface area contributed by atoms with E-state index in [0.29, 0.717) is 0 Å². The minimum Gasteiger partial charge on any atom is -0.329 e. The zero-order chi connectivity index (χ0) is 16.9. The molecule has 134 valence electrons. The molecule has 1 unspecified atom stereocenters. The number of unbranched alkanes of at least 4 members (excludes halogenated alkanes) is 11. The Morgan fingerprint density at radius 1 is 0.682 bits per heavy atom. The van der Waals surface area contributed by atoms with Crippen LogP contribution in [0.3, 0.4) is 0 Å². The molecule has 0 aromatic heterocycles. The first-order valence-corrected chi connectivity index (χ1v) is 9.86. The fourth-order valence-corrected chi connectivity index (χ4v) is 3.53. The molecule has 0 aliphatic heterocycles. The van der Waals surface area contributed by atoms with Crippen molar-refractivity contribution in [3.8, 4) is 0 Å². The first kappa shape index (κ1) is 21.9. The number of hydrogen-bond donors (Lipinski definition) is 1. The molecule has 0 fully saturated rings. The SMILES string of the molecule is CCCCCCCCCCCCCCC(C)(N)C[N+](C)(C)C. The summed E-state index contributed by atoms with van der Waals surface area (Å²) in [5.41, 5.74) is 6.41. The molecule has 0 aliphatic rings. The van der Waals surface area contributed by atoms with E-state index in [9.17, 15) is 0 Å². The van der Waals surface area contributed by atoms with Gasteiger partial charge in [-0.15, -0.1) is 0 Å². The second-order valence-corrected chi connectivity index (χ2v) is 8.74. The minimum absolute atomic E-state index is 0.00324. The Hall–Kier alpha value is -0.0800. The lowest BCUT2D eigenvalue weighted by atomic mass is 9.94. The van der Waals surface area contributed by atoms with E-state index >= 15 is 0 Å². The Bertz CT molecular complexity index is 241. The highest BCUT2D eigenvalue weighted by Gasteiger charge is 2.25. The van der Waals surface area contributed by atoms with Gasteiger partial charge in [-0.25, -0.2) is 0 Å². The number of rotatable bonds is 15. The van der Waals surface area contributed by atoms with E-state index in [1.54, 1.807) is 0 Å². The topological polar surface area (TPSA) is 26.0 Å². The molecular weight excluding hydrogens is 268 g/mol. The summed E-state index contributed by atoms with van der Waals surface area (Å²) >= 11 is 0. The average Bonchev–Trinajstić information content (AvgIpc) is 2.37. The molecule has 0 rings (SSSR count). The highest BCUT2D eigenvalue weighted by Crippen LogP contribution is 2.17. The van der Waals surface area contributed by atoms with E-state index in [1.807, 2.05) is 0 Å². The van der Waals surface area contributed by atoms with Crippen LogP contribution in [0.1, 0.15) is 97.3 Å². The van der Waals surface area contributed by atoms with Crippen molar-refractivity contribution in [1.82, 2.24) is 0 Å². The van der Waals surface area contributed by atoms with Gasteiger partial charge in [0.2, 0.25) is 0 Å². The van der Waals surface area contributed by atoms with Crippen molar-refractivity contribution < 1.29 is 4.48 Å². The smallest absolute Gasteiger partial charge is 0.0960 e. The maximum absolute atomic E-state index is 6.42. The summed E-state index contributed by atoms with van der Waals surface area (Å²) in [4.78, 5) is 0. The van der Waals surface area contributed by atoms with Crippen LogP contribution in [0.25, 0.3) is 0 Å². The molecule has 0 bridgehead atoms. The largest absolute Gasteiger partial charge is 0.329 e. The summed E-state index contributed by atoms with van der Waals surface area (Å²) in [6.07, 6.45) is 18.1. The molecule has 1 atom stereocenters. The quantitative estimate of drug-likeness (QED) is 0.313. The van der Waals surface area contributed by atoms with Gasteiger partial charge in [-0.05, 0) is 13.3 Å². The Balaban J connectivity index is 3.33. The van der Waals surface area contributed by atoms with Gasteiger partial charge in [-0.3, -0.25) is 0 Å². The lowest BCUT2D eigenvalue weighted by Crippen LogP contribution is -2.52. The van der Waals surface area contributed by atoms with Gasteiger partial charge >= 0.3 is 0 Å². The van der Waals surface area contributed by atoms with Crippen LogP contribution in [-0.4, -0.2) is 37.7 Å². The summed E-state index contributed by atoms with van der Waals surface area (Å²) in [6.45, 7) is 5.57.